The first kappa shape index (κ1) is 31.0. The first-order valence-electron chi connectivity index (χ1n) is 13.9. The molecule has 0 radical (unpaired) electrons. The van der Waals surface area contributed by atoms with E-state index in [4.69, 9.17) is 21.1 Å². The minimum absolute atomic E-state index is 0.0430. The van der Waals surface area contributed by atoms with Gasteiger partial charge in [0.05, 0.1) is 35.4 Å². The lowest BCUT2D eigenvalue weighted by Gasteiger charge is -2.32. The molecule has 4 aromatic rings. The number of esters is 1. The van der Waals surface area contributed by atoms with Crippen LogP contribution in [0.15, 0.2) is 64.4 Å². The van der Waals surface area contributed by atoms with Gasteiger partial charge < -0.3 is 18.9 Å². The van der Waals surface area contributed by atoms with Gasteiger partial charge in [-0.3, -0.25) is 4.79 Å². The van der Waals surface area contributed by atoms with Gasteiger partial charge in [-0.25, -0.2) is 18.0 Å². The van der Waals surface area contributed by atoms with Crippen LogP contribution in [0.4, 0.5) is 13.2 Å². The number of benzene rings is 3. The molecule has 6 nitrogen and oxygen atoms in total. The highest BCUT2D eigenvalue weighted by molar-refractivity contribution is 7.99. The van der Waals surface area contributed by atoms with Crippen molar-refractivity contribution in [2.24, 2.45) is 0 Å². The number of rotatable bonds is 9. The Hall–Kier alpha value is -3.47. The maximum absolute atomic E-state index is 15.5. The van der Waals surface area contributed by atoms with Crippen molar-refractivity contribution in [2.75, 3.05) is 19.7 Å². The van der Waals surface area contributed by atoms with Gasteiger partial charge in [0, 0.05) is 34.0 Å². The maximum Gasteiger partial charge on any atom is 0.338 e. The van der Waals surface area contributed by atoms with Gasteiger partial charge in [-0.15, -0.1) is 0 Å². The van der Waals surface area contributed by atoms with Crippen molar-refractivity contribution in [3.63, 3.8) is 0 Å². The van der Waals surface area contributed by atoms with Crippen molar-refractivity contribution < 1.29 is 32.2 Å². The monoisotopic (exact) mass is 630 g/mol. The van der Waals surface area contributed by atoms with Gasteiger partial charge in [0.1, 0.15) is 6.54 Å². The van der Waals surface area contributed by atoms with E-state index in [-0.39, 0.29) is 42.3 Å². The van der Waals surface area contributed by atoms with E-state index in [9.17, 15) is 18.4 Å². The number of carbonyl (C=O) groups excluding carboxylic acids is 2. The lowest BCUT2D eigenvalue weighted by Crippen LogP contribution is -2.42. The summed E-state index contributed by atoms with van der Waals surface area (Å²) in [5.41, 5.74) is 1.89. The summed E-state index contributed by atoms with van der Waals surface area (Å²) in [6.45, 7) is 4.80. The van der Waals surface area contributed by atoms with Gasteiger partial charge >= 0.3 is 5.97 Å². The molecule has 1 aromatic heterocycles. The average molecular weight is 631 g/mol. The largest absolute Gasteiger partial charge is 0.462 e. The van der Waals surface area contributed by atoms with Crippen LogP contribution in [0.2, 0.25) is 5.02 Å². The second-order valence-electron chi connectivity index (χ2n) is 10.2. The van der Waals surface area contributed by atoms with Crippen molar-refractivity contribution in [1.82, 2.24) is 9.47 Å². The van der Waals surface area contributed by atoms with Gasteiger partial charge in [-0.05, 0) is 74.7 Å². The molecule has 1 amide bonds. The van der Waals surface area contributed by atoms with Crippen molar-refractivity contribution in [3.8, 4) is 0 Å². The third kappa shape index (κ3) is 6.87. The molecule has 43 heavy (non-hydrogen) atoms. The number of carbonyl (C=O) groups is 2. The van der Waals surface area contributed by atoms with Gasteiger partial charge in [0.15, 0.2) is 17.5 Å². The molecule has 0 unspecified atom stereocenters. The smallest absolute Gasteiger partial charge is 0.338 e. The van der Waals surface area contributed by atoms with Gasteiger partial charge in [-0.1, -0.05) is 35.5 Å². The highest BCUT2D eigenvalue weighted by Gasteiger charge is 2.27. The quantitative estimate of drug-likeness (QED) is 0.179. The summed E-state index contributed by atoms with van der Waals surface area (Å²) in [6, 6.07) is 13.9. The summed E-state index contributed by atoms with van der Waals surface area (Å²) in [5, 5.41) is 0.571. The summed E-state index contributed by atoms with van der Waals surface area (Å²) < 4.78 is 54.8. The first-order chi connectivity index (χ1) is 20.7. The molecule has 0 spiro atoms. The van der Waals surface area contributed by atoms with Gasteiger partial charge in [0.25, 0.3) is 0 Å². The Morgan fingerprint density at radius 3 is 2.51 bits per heavy atom. The van der Waals surface area contributed by atoms with Gasteiger partial charge in [0.2, 0.25) is 5.91 Å². The molecule has 11 heteroatoms. The highest BCUT2D eigenvalue weighted by atomic mass is 35.5. The minimum Gasteiger partial charge on any atom is -0.462 e. The number of fused-ring (bicyclic) bond motifs is 1. The number of aromatic nitrogens is 1. The molecule has 3 aromatic carbocycles. The zero-order chi connectivity index (χ0) is 30.7. The Morgan fingerprint density at radius 1 is 1.02 bits per heavy atom. The Bertz CT molecular complexity index is 1670. The van der Waals surface area contributed by atoms with Gasteiger partial charge in [-0.2, -0.15) is 0 Å². The maximum atomic E-state index is 15.5. The molecular weight excluding hydrogens is 601 g/mol. The number of halogens is 4. The fourth-order valence-electron chi connectivity index (χ4n) is 5.17. The minimum atomic E-state index is -0.918. The summed E-state index contributed by atoms with van der Waals surface area (Å²) in [6.07, 6.45) is 1.04. The normalized spacial score (nSPS) is 14.0. The zero-order valence-electron chi connectivity index (χ0n) is 23.7. The zero-order valence-corrected chi connectivity index (χ0v) is 25.2. The van der Waals surface area contributed by atoms with Crippen LogP contribution in [0.3, 0.4) is 0 Å². The van der Waals surface area contributed by atoms with Crippen LogP contribution in [0.25, 0.3) is 10.9 Å². The van der Waals surface area contributed by atoms with E-state index in [1.807, 2.05) is 13.0 Å². The van der Waals surface area contributed by atoms with Crippen LogP contribution in [0.1, 0.15) is 41.4 Å². The molecular formula is C32H30ClF3N2O4S. The van der Waals surface area contributed by atoms with Crippen LogP contribution < -0.4 is 0 Å². The third-order valence-electron chi connectivity index (χ3n) is 7.44. The molecule has 0 atom stereocenters. The Kier molecular flexibility index (Phi) is 9.68. The second kappa shape index (κ2) is 13.4. The number of hydrogen-bond acceptors (Lipinski definition) is 5. The van der Waals surface area contributed by atoms with E-state index in [0.717, 1.165) is 21.9 Å². The van der Waals surface area contributed by atoms with Crippen molar-refractivity contribution in [3.05, 3.63) is 93.9 Å². The number of nitrogens with zero attached hydrogens (tertiary/aromatic N) is 2. The Labute approximate surface area is 256 Å². The number of piperidine rings is 1. The van der Waals surface area contributed by atoms with E-state index in [1.165, 1.54) is 23.9 Å². The number of ether oxygens (including phenoxy) is 2. The van der Waals surface area contributed by atoms with E-state index in [1.54, 1.807) is 40.7 Å². The van der Waals surface area contributed by atoms with E-state index >= 15 is 4.39 Å². The number of amides is 1. The summed E-state index contributed by atoms with van der Waals surface area (Å²) in [7, 11) is 0. The summed E-state index contributed by atoms with van der Waals surface area (Å²) in [5.74, 6) is -3.02. The van der Waals surface area contributed by atoms with Crippen molar-refractivity contribution in [2.45, 2.75) is 55.7 Å². The van der Waals surface area contributed by atoms with Crippen LogP contribution in [-0.2, 0) is 27.4 Å². The molecule has 1 saturated heterocycles. The molecule has 0 saturated carbocycles. The molecule has 1 aliphatic rings. The Balaban J connectivity index is 1.30. The van der Waals surface area contributed by atoms with Crippen LogP contribution in [0, 0.1) is 24.4 Å². The van der Waals surface area contributed by atoms with Crippen LogP contribution in [0.5, 0.6) is 0 Å². The second-order valence-corrected chi connectivity index (χ2v) is 11.7. The summed E-state index contributed by atoms with van der Waals surface area (Å²) >= 11 is 7.54. The molecule has 1 aliphatic heterocycles. The molecule has 1 fully saturated rings. The molecule has 0 N–H and O–H groups in total. The topological polar surface area (TPSA) is 60.8 Å². The van der Waals surface area contributed by atoms with E-state index in [2.05, 4.69) is 0 Å². The van der Waals surface area contributed by atoms with Crippen molar-refractivity contribution >= 4 is 46.1 Å². The highest BCUT2D eigenvalue weighted by Crippen LogP contribution is 2.41. The summed E-state index contributed by atoms with van der Waals surface area (Å²) in [4.78, 5) is 28.9. The fraction of sp³-hybridized carbons (Fsp3) is 0.312. The fourth-order valence-corrected chi connectivity index (χ4v) is 6.42. The Morgan fingerprint density at radius 2 is 1.79 bits per heavy atom. The molecule has 0 aliphatic carbocycles. The van der Waals surface area contributed by atoms with Crippen LogP contribution in [-0.4, -0.2) is 47.1 Å². The lowest BCUT2D eigenvalue weighted by atomic mass is 10.1. The predicted molar refractivity (Wildman–Crippen MR) is 159 cm³/mol. The number of likely N-dealkylation sites (tertiary alicyclic amines) is 1. The van der Waals surface area contributed by atoms with Crippen molar-refractivity contribution in [1.29, 1.82) is 0 Å². The molecule has 5 rings (SSSR count). The number of hydrogen-bond donors (Lipinski definition) is 0. The average Bonchev–Trinajstić information content (AvgIpc) is 3.26. The van der Waals surface area contributed by atoms with Crippen LogP contribution >= 0.6 is 23.4 Å². The standard InChI is InChI=1S/C32H30ClF3N2O4S/c1-3-41-32(40)21-5-4-6-23(16-21)43-31-19(2)38(30-24(31)8-9-25(33)29(30)36)17-28(39)37-13-11-22(12-14-37)42-18-20-7-10-26(34)27(35)15-20/h4-10,15-16,22H,3,11-14,17-18H2,1-2H3. The van der Waals surface area contributed by atoms with E-state index in [0.29, 0.717) is 48.1 Å². The SMILES string of the molecule is CCOC(=O)c1cccc(Sc2c(C)n(CC(=O)N3CCC(OCc4ccc(F)c(F)c4)CC3)c3c(F)c(Cl)ccc23)c1. The molecule has 0 bridgehead atoms. The van der Waals surface area contributed by atoms with E-state index < -0.39 is 23.4 Å². The molecule has 2 heterocycles. The lowest BCUT2D eigenvalue weighted by molar-refractivity contribution is -0.134. The predicted octanol–water partition coefficient (Wildman–Crippen LogP) is 7.56. The third-order valence-corrected chi connectivity index (χ3v) is 8.94. The first-order valence-corrected chi connectivity index (χ1v) is 15.1. The molecule has 226 valence electrons.